The number of carbonyl (C=O) groups is 3. The quantitative estimate of drug-likeness (QED) is 0.670. The summed E-state index contributed by atoms with van der Waals surface area (Å²) in [5.74, 6) is -2.32. The van der Waals surface area contributed by atoms with Crippen molar-refractivity contribution in [3.63, 3.8) is 0 Å². The molecule has 0 fully saturated rings. The number of benzene rings is 3. The third-order valence-corrected chi connectivity index (χ3v) is 4.77. The fourth-order valence-corrected chi connectivity index (χ4v) is 3.50. The summed E-state index contributed by atoms with van der Waals surface area (Å²) in [4.78, 5) is 38.0. The molecule has 0 spiro atoms. The van der Waals surface area contributed by atoms with Gasteiger partial charge in [-0.2, -0.15) is 0 Å². The molecule has 0 atom stereocenters. The molecule has 0 radical (unpaired) electrons. The number of Topliss-reactive ketones (excluding diaryl/α,β-unsaturated/α-hetero) is 3. The van der Waals surface area contributed by atoms with E-state index in [1.165, 1.54) is 0 Å². The van der Waals surface area contributed by atoms with Gasteiger partial charge in [-0.05, 0) is 16.7 Å². The van der Waals surface area contributed by atoms with Crippen LogP contribution in [0.5, 0.6) is 0 Å². The van der Waals surface area contributed by atoms with Gasteiger partial charge in [0.15, 0.2) is 17.3 Å². The SMILES string of the molecule is O=C(Cc1ccccc1-c1ccccc1)C1C(=O)c2ccccc2C1=O. The van der Waals surface area contributed by atoms with Gasteiger partial charge in [0.25, 0.3) is 0 Å². The van der Waals surface area contributed by atoms with Gasteiger partial charge >= 0.3 is 0 Å². The third kappa shape index (κ3) is 2.68. The molecule has 3 heteroatoms. The molecule has 1 aliphatic rings. The van der Waals surface area contributed by atoms with Gasteiger partial charge in [0.1, 0.15) is 5.92 Å². The molecule has 0 N–H and O–H groups in total. The minimum atomic E-state index is -1.21. The zero-order chi connectivity index (χ0) is 18.1. The van der Waals surface area contributed by atoms with Gasteiger partial charge in [0, 0.05) is 17.5 Å². The minimum Gasteiger partial charge on any atom is -0.298 e. The summed E-state index contributed by atoms with van der Waals surface area (Å²) >= 11 is 0. The summed E-state index contributed by atoms with van der Waals surface area (Å²) in [7, 11) is 0. The summed E-state index contributed by atoms with van der Waals surface area (Å²) < 4.78 is 0. The van der Waals surface area contributed by atoms with Crippen LogP contribution in [0.3, 0.4) is 0 Å². The van der Waals surface area contributed by atoms with Gasteiger partial charge < -0.3 is 0 Å². The second-order valence-electron chi connectivity index (χ2n) is 6.37. The smallest absolute Gasteiger partial charge is 0.181 e. The highest BCUT2D eigenvalue weighted by molar-refractivity contribution is 6.35. The monoisotopic (exact) mass is 340 g/mol. The molecule has 4 rings (SSSR count). The molecule has 1 aliphatic carbocycles. The Bertz CT molecular complexity index is 983. The minimum absolute atomic E-state index is 0.0567. The Balaban J connectivity index is 1.65. The standard InChI is InChI=1S/C23H16O3/c24-20(21-22(25)18-12-6-7-13-19(18)23(21)26)14-16-10-4-5-11-17(16)15-8-2-1-3-9-15/h1-13,21H,14H2. The van der Waals surface area contributed by atoms with Crippen molar-refractivity contribution in [3.05, 3.63) is 95.6 Å². The summed E-state index contributed by atoms with van der Waals surface area (Å²) in [6.07, 6.45) is 0.0567. The lowest BCUT2D eigenvalue weighted by molar-refractivity contribution is -0.119. The number of hydrogen-bond acceptors (Lipinski definition) is 3. The Morgan fingerprint density at radius 2 is 1.15 bits per heavy atom. The van der Waals surface area contributed by atoms with Crippen LogP contribution < -0.4 is 0 Å². The second kappa shape index (κ2) is 6.52. The lowest BCUT2D eigenvalue weighted by Crippen LogP contribution is -2.27. The topological polar surface area (TPSA) is 51.2 Å². The second-order valence-corrected chi connectivity index (χ2v) is 6.37. The van der Waals surface area contributed by atoms with E-state index >= 15 is 0 Å². The van der Waals surface area contributed by atoms with Gasteiger partial charge in [-0.3, -0.25) is 14.4 Å². The Hall–Kier alpha value is -3.33. The molecule has 0 aliphatic heterocycles. The molecule has 0 unspecified atom stereocenters. The van der Waals surface area contributed by atoms with Gasteiger partial charge in [0.05, 0.1) is 0 Å². The molecule has 3 aromatic rings. The average molecular weight is 340 g/mol. The van der Waals surface area contributed by atoms with Gasteiger partial charge in [-0.1, -0.05) is 78.9 Å². The van der Waals surface area contributed by atoms with E-state index in [1.54, 1.807) is 24.3 Å². The molecular formula is C23H16O3. The van der Waals surface area contributed by atoms with Crippen molar-refractivity contribution in [2.24, 2.45) is 5.92 Å². The van der Waals surface area contributed by atoms with Crippen molar-refractivity contribution in [1.82, 2.24) is 0 Å². The van der Waals surface area contributed by atoms with Crippen molar-refractivity contribution in [2.75, 3.05) is 0 Å². The Labute approximate surface area is 151 Å². The molecule has 3 nitrogen and oxygen atoms in total. The van der Waals surface area contributed by atoms with E-state index in [-0.39, 0.29) is 23.8 Å². The van der Waals surface area contributed by atoms with E-state index in [0.29, 0.717) is 11.1 Å². The summed E-state index contributed by atoms with van der Waals surface area (Å²) in [6, 6.07) is 24.0. The first-order valence-electron chi connectivity index (χ1n) is 8.50. The zero-order valence-corrected chi connectivity index (χ0v) is 14.0. The Morgan fingerprint density at radius 3 is 1.77 bits per heavy atom. The van der Waals surface area contributed by atoms with Crippen LogP contribution in [-0.4, -0.2) is 17.3 Å². The number of fused-ring (bicyclic) bond motifs is 1. The van der Waals surface area contributed by atoms with Crippen molar-refractivity contribution in [1.29, 1.82) is 0 Å². The maximum absolute atomic E-state index is 12.8. The predicted octanol–water partition coefficient (Wildman–Crippen LogP) is 4.16. The van der Waals surface area contributed by atoms with Crippen LogP contribution in [-0.2, 0) is 11.2 Å². The van der Waals surface area contributed by atoms with Crippen LogP contribution in [0.2, 0.25) is 0 Å². The number of carbonyl (C=O) groups excluding carboxylic acids is 3. The van der Waals surface area contributed by atoms with E-state index < -0.39 is 5.92 Å². The highest BCUT2D eigenvalue weighted by atomic mass is 16.2. The fraction of sp³-hybridized carbons (Fsp3) is 0.0870. The number of ketones is 3. The zero-order valence-electron chi connectivity index (χ0n) is 14.0. The van der Waals surface area contributed by atoms with Gasteiger partial charge in [0.2, 0.25) is 0 Å². The largest absolute Gasteiger partial charge is 0.298 e. The van der Waals surface area contributed by atoms with Crippen molar-refractivity contribution in [3.8, 4) is 11.1 Å². The number of hydrogen-bond donors (Lipinski definition) is 0. The molecular weight excluding hydrogens is 324 g/mol. The Morgan fingerprint density at radius 1 is 0.654 bits per heavy atom. The van der Waals surface area contributed by atoms with Crippen molar-refractivity contribution >= 4 is 17.3 Å². The van der Waals surface area contributed by atoms with Crippen LogP contribution in [0.4, 0.5) is 0 Å². The van der Waals surface area contributed by atoms with Crippen LogP contribution in [0.1, 0.15) is 26.3 Å². The number of rotatable bonds is 4. The summed E-state index contributed by atoms with van der Waals surface area (Å²) in [6.45, 7) is 0. The van der Waals surface area contributed by atoms with Crippen LogP contribution >= 0.6 is 0 Å². The maximum atomic E-state index is 12.8. The Kier molecular flexibility index (Phi) is 4.05. The van der Waals surface area contributed by atoms with Gasteiger partial charge in [-0.25, -0.2) is 0 Å². The summed E-state index contributed by atoms with van der Waals surface area (Å²) in [5.41, 5.74) is 3.47. The lowest BCUT2D eigenvalue weighted by atomic mass is 9.90. The van der Waals surface area contributed by atoms with Crippen molar-refractivity contribution in [2.45, 2.75) is 6.42 Å². The lowest BCUT2D eigenvalue weighted by Gasteiger charge is -2.11. The molecule has 126 valence electrons. The van der Waals surface area contributed by atoms with E-state index in [1.807, 2.05) is 54.6 Å². The molecule has 26 heavy (non-hydrogen) atoms. The molecule has 0 saturated carbocycles. The fourth-order valence-electron chi connectivity index (χ4n) is 3.50. The van der Waals surface area contributed by atoms with Crippen LogP contribution in [0.25, 0.3) is 11.1 Å². The van der Waals surface area contributed by atoms with E-state index in [9.17, 15) is 14.4 Å². The molecule has 0 amide bonds. The highest BCUT2D eigenvalue weighted by Crippen LogP contribution is 2.30. The van der Waals surface area contributed by atoms with Crippen molar-refractivity contribution < 1.29 is 14.4 Å². The average Bonchev–Trinajstić information content (AvgIpc) is 2.94. The van der Waals surface area contributed by atoms with Crippen LogP contribution in [0.15, 0.2) is 78.9 Å². The predicted molar refractivity (Wildman–Crippen MR) is 99.2 cm³/mol. The van der Waals surface area contributed by atoms with E-state index in [0.717, 1.165) is 16.7 Å². The molecule has 0 saturated heterocycles. The highest BCUT2D eigenvalue weighted by Gasteiger charge is 2.42. The maximum Gasteiger partial charge on any atom is 0.181 e. The molecule has 3 aromatic carbocycles. The third-order valence-electron chi connectivity index (χ3n) is 4.77. The molecule has 0 bridgehead atoms. The molecule has 0 heterocycles. The van der Waals surface area contributed by atoms with Gasteiger partial charge in [-0.15, -0.1) is 0 Å². The normalized spacial score (nSPS) is 13.7. The summed E-state index contributed by atoms with van der Waals surface area (Å²) in [5, 5.41) is 0. The van der Waals surface area contributed by atoms with Crippen LogP contribution in [0, 0.1) is 5.92 Å². The first kappa shape index (κ1) is 16.2. The van der Waals surface area contributed by atoms with E-state index in [4.69, 9.17) is 0 Å². The first-order valence-corrected chi connectivity index (χ1v) is 8.50. The first-order chi connectivity index (χ1) is 12.7. The van der Waals surface area contributed by atoms with E-state index in [2.05, 4.69) is 0 Å². The molecule has 0 aromatic heterocycles.